The maximum absolute atomic E-state index is 13.5. The Labute approximate surface area is 301 Å². The molecule has 16 nitrogen and oxygen atoms in total. The second-order valence-corrected chi connectivity index (χ2v) is 13.4. The molecule has 0 unspecified atom stereocenters. The molecule has 2 aliphatic rings. The van der Waals surface area contributed by atoms with E-state index in [1.54, 1.807) is 34.9 Å². The molecule has 0 atom stereocenters. The summed E-state index contributed by atoms with van der Waals surface area (Å²) in [6, 6.07) is 8.18. The highest BCUT2D eigenvalue weighted by atomic mass is 16.5. The maximum Gasteiger partial charge on any atom is 0.296 e. The van der Waals surface area contributed by atoms with Gasteiger partial charge in [0.2, 0.25) is 35.2 Å². The first kappa shape index (κ1) is 33.6. The molecule has 4 aromatic heterocycles. The van der Waals surface area contributed by atoms with Crippen molar-refractivity contribution in [1.29, 1.82) is 0 Å². The van der Waals surface area contributed by atoms with Crippen molar-refractivity contribution in [2.75, 3.05) is 10.6 Å². The third-order valence-corrected chi connectivity index (χ3v) is 9.88. The maximum atomic E-state index is 13.5. The number of rotatable bonds is 10. The summed E-state index contributed by atoms with van der Waals surface area (Å²) in [5.74, 6) is -1.33. The second kappa shape index (κ2) is 13.5. The minimum Gasteiger partial charge on any atom is -0.366 e. The van der Waals surface area contributed by atoms with E-state index in [0.29, 0.717) is 40.5 Å². The molecular formula is C37H36N10O6. The van der Waals surface area contributed by atoms with E-state index in [2.05, 4.69) is 30.9 Å². The third-order valence-electron chi connectivity index (χ3n) is 9.88. The first-order chi connectivity index (χ1) is 25.7. The van der Waals surface area contributed by atoms with E-state index in [4.69, 9.17) is 20.5 Å². The summed E-state index contributed by atoms with van der Waals surface area (Å²) >= 11 is 0. The third kappa shape index (κ3) is 6.21. The fourth-order valence-electron chi connectivity index (χ4n) is 7.27. The van der Waals surface area contributed by atoms with Crippen LogP contribution in [0, 0.1) is 6.92 Å². The quantitative estimate of drug-likeness (QED) is 0.146. The Morgan fingerprint density at radius 1 is 0.717 bits per heavy atom. The number of hydrogen-bond acceptors (Lipinski definition) is 10. The van der Waals surface area contributed by atoms with Gasteiger partial charge in [0.05, 0.1) is 33.5 Å². The van der Waals surface area contributed by atoms with Crippen molar-refractivity contribution in [3.8, 4) is 0 Å². The van der Waals surface area contributed by atoms with Crippen LogP contribution in [0.25, 0.3) is 22.1 Å². The number of aryl methyl sites for hydroxylation is 3. The predicted octanol–water partition coefficient (Wildman–Crippen LogP) is 4.39. The molecule has 0 fully saturated rings. The minimum absolute atomic E-state index is 0.161. The van der Waals surface area contributed by atoms with E-state index >= 15 is 0 Å². The number of carbonyl (C=O) groups is 4. The first-order valence-electron chi connectivity index (χ1n) is 17.5. The number of anilines is 2. The number of nitrogens with two attached hydrogens (primary N) is 2. The monoisotopic (exact) mass is 716 g/mol. The lowest BCUT2D eigenvalue weighted by molar-refractivity contribution is 0.0978. The van der Waals surface area contributed by atoms with Gasteiger partial charge in [-0.15, -0.1) is 0 Å². The largest absolute Gasteiger partial charge is 0.366 e. The Morgan fingerprint density at radius 3 is 1.85 bits per heavy atom. The van der Waals surface area contributed by atoms with Crippen LogP contribution in [0.15, 0.2) is 51.5 Å². The Balaban J connectivity index is 1.10. The molecule has 53 heavy (non-hydrogen) atoms. The highest BCUT2D eigenvalue weighted by Gasteiger charge is 2.27. The number of fused-ring (bicyclic) bond motifs is 4. The van der Waals surface area contributed by atoms with Gasteiger partial charge >= 0.3 is 0 Å². The van der Waals surface area contributed by atoms with Crippen molar-refractivity contribution in [1.82, 2.24) is 29.4 Å². The smallest absolute Gasteiger partial charge is 0.296 e. The van der Waals surface area contributed by atoms with E-state index in [-0.39, 0.29) is 42.1 Å². The zero-order valence-corrected chi connectivity index (χ0v) is 28.9. The average molecular weight is 717 g/mol. The number of carbonyl (C=O) groups excluding carboxylic acids is 4. The SMILES string of the molecule is Cc1cc(C(N)=O)cc2nc(NC(=O)c3onc4c3CCCC4)n(C/C=C/Cn3c(NC(=O)c4onc5c4CCCC5)nc4cc(C(N)=O)ccc43)c12. The summed E-state index contributed by atoms with van der Waals surface area (Å²) < 4.78 is 14.6. The van der Waals surface area contributed by atoms with Crippen molar-refractivity contribution in [3.63, 3.8) is 0 Å². The van der Waals surface area contributed by atoms with E-state index in [0.717, 1.165) is 66.6 Å². The van der Waals surface area contributed by atoms with E-state index in [1.807, 2.05) is 23.6 Å². The van der Waals surface area contributed by atoms with E-state index < -0.39 is 23.6 Å². The van der Waals surface area contributed by atoms with Gasteiger partial charge in [-0.05, 0) is 94.2 Å². The summed E-state index contributed by atoms with van der Waals surface area (Å²) in [5, 5.41) is 14.0. The number of nitrogens with zero attached hydrogens (tertiary/aromatic N) is 6. The number of imidazole rings is 2. The molecule has 16 heteroatoms. The highest BCUT2D eigenvalue weighted by molar-refractivity contribution is 6.05. The van der Waals surface area contributed by atoms with Gasteiger partial charge in [-0.3, -0.25) is 29.8 Å². The number of hydrogen-bond donors (Lipinski definition) is 4. The molecule has 2 aliphatic carbocycles. The molecule has 0 saturated heterocycles. The molecule has 0 saturated carbocycles. The molecule has 4 heterocycles. The van der Waals surface area contributed by atoms with E-state index in [1.165, 1.54) is 0 Å². The summed E-state index contributed by atoms with van der Waals surface area (Å²) in [6.07, 6.45) is 10.6. The lowest BCUT2D eigenvalue weighted by Gasteiger charge is -2.11. The van der Waals surface area contributed by atoms with Gasteiger partial charge in [0.15, 0.2) is 0 Å². The molecule has 0 bridgehead atoms. The molecule has 0 spiro atoms. The van der Waals surface area contributed by atoms with Gasteiger partial charge in [0.1, 0.15) is 0 Å². The van der Waals surface area contributed by atoms with Crippen molar-refractivity contribution in [3.05, 3.63) is 93.2 Å². The topological polar surface area (TPSA) is 232 Å². The molecule has 0 radical (unpaired) electrons. The number of amides is 4. The second-order valence-electron chi connectivity index (χ2n) is 13.4. The zero-order chi connectivity index (χ0) is 36.8. The van der Waals surface area contributed by atoms with Crippen LogP contribution in [-0.2, 0) is 38.8 Å². The molecule has 8 rings (SSSR count). The normalized spacial score (nSPS) is 14.1. The minimum atomic E-state index is -0.600. The Kier molecular flexibility index (Phi) is 8.56. The number of primary amides is 2. The number of benzene rings is 2. The molecule has 4 amide bonds. The van der Waals surface area contributed by atoms with Crippen molar-refractivity contribution in [2.24, 2.45) is 11.5 Å². The average Bonchev–Trinajstić information content (AvgIpc) is 3.93. The summed E-state index contributed by atoms with van der Waals surface area (Å²) in [6.45, 7) is 2.37. The zero-order valence-electron chi connectivity index (χ0n) is 28.9. The fraction of sp³-hybridized carbons (Fsp3) is 0.297. The van der Waals surface area contributed by atoms with Gasteiger partial charge in [-0.25, -0.2) is 9.97 Å². The van der Waals surface area contributed by atoms with Gasteiger partial charge < -0.3 is 29.6 Å². The van der Waals surface area contributed by atoms with Gasteiger partial charge in [-0.1, -0.05) is 22.5 Å². The Hall–Kier alpha value is -6.58. The lowest BCUT2D eigenvalue weighted by Crippen LogP contribution is -2.18. The molecule has 270 valence electrons. The first-order valence-corrected chi connectivity index (χ1v) is 17.5. The van der Waals surface area contributed by atoms with Crippen LogP contribution >= 0.6 is 0 Å². The van der Waals surface area contributed by atoms with Crippen molar-refractivity contribution in [2.45, 2.75) is 71.4 Å². The van der Waals surface area contributed by atoms with Gasteiger partial charge in [-0.2, -0.15) is 0 Å². The van der Waals surface area contributed by atoms with Gasteiger partial charge in [0, 0.05) is 35.3 Å². The molecule has 6 N–H and O–H groups in total. The Morgan fingerprint density at radius 2 is 1.25 bits per heavy atom. The number of allylic oxidation sites excluding steroid dienone is 2. The van der Waals surface area contributed by atoms with Crippen LogP contribution in [-0.4, -0.2) is 53.0 Å². The molecular weight excluding hydrogens is 680 g/mol. The highest BCUT2D eigenvalue weighted by Crippen LogP contribution is 2.29. The number of nitrogens with one attached hydrogen (secondary N) is 2. The molecule has 6 aromatic rings. The fourth-order valence-corrected chi connectivity index (χ4v) is 7.27. The van der Waals surface area contributed by atoms with Crippen LogP contribution in [0.5, 0.6) is 0 Å². The van der Waals surface area contributed by atoms with Crippen molar-refractivity contribution >= 4 is 57.6 Å². The van der Waals surface area contributed by atoms with Gasteiger partial charge in [0.25, 0.3) is 11.8 Å². The van der Waals surface area contributed by atoms with Crippen molar-refractivity contribution < 1.29 is 28.2 Å². The summed E-state index contributed by atoms with van der Waals surface area (Å²) in [4.78, 5) is 60.3. The Bertz CT molecular complexity index is 2500. The lowest BCUT2D eigenvalue weighted by atomic mass is 9.96. The standard InChI is InChI=1S/C37H36N10O6/c1-19-16-21(33(39)49)18-27-29(19)47(37(41-27)43-35(51)31-23-9-3-5-11-25(23)45-53-31)15-7-6-14-46-28-13-12-20(32(38)48)17-26(28)40-36(46)42-34(50)30-22-8-2-4-10-24(22)44-52-30/h6-7,12-13,16-18H,2-5,8-11,14-15H2,1H3,(H2,38,48)(H2,39,49)(H,40,42,50)(H,41,43,51)/b7-6+. The van der Waals surface area contributed by atoms with Crippen LogP contribution in [0.3, 0.4) is 0 Å². The van der Waals surface area contributed by atoms with Crippen LogP contribution in [0.1, 0.15) is 95.6 Å². The molecule has 2 aromatic carbocycles. The van der Waals surface area contributed by atoms with E-state index in [9.17, 15) is 19.2 Å². The van der Waals surface area contributed by atoms with Crippen LogP contribution in [0.4, 0.5) is 11.9 Å². The van der Waals surface area contributed by atoms with Crippen LogP contribution < -0.4 is 22.1 Å². The molecule has 0 aliphatic heterocycles. The summed E-state index contributed by atoms with van der Waals surface area (Å²) in [5.41, 5.74) is 18.0. The predicted molar refractivity (Wildman–Crippen MR) is 193 cm³/mol. The summed E-state index contributed by atoms with van der Waals surface area (Å²) in [7, 11) is 0. The van der Waals surface area contributed by atoms with Crippen LogP contribution in [0.2, 0.25) is 0 Å². The number of aromatic nitrogens is 6.